The third-order valence-corrected chi connectivity index (χ3v) is 4.83. The van der Waals surface area contributed by atoms with Gasteiger partial charge in [-0.15, -0.1) is 11.3 Å². The summed E-state index contributed by atoms with van der Waals surface area (Å²) in [6.07, 6.45) is 0. The number of hydrogen-bond acceptors (Lipinski definition) is 4. The fraction of sp³-hybridized carbons (Fsp3) is 0.231. The Bertz CT molecular complexity index is 574. The van der Waals surface area contributed by atoms with Crippen LogP contribution >= 0.6 is 38.9 Å². The van der Waals surface area contributed by atoms with Crippen molar-refractivity contribution in [1.29, 1.82) is 0 Å². The molecule has 0 atom stereocenters. The van der Waals surface area contributed by atoms with Gasteiger partial charge in [-0.3, -0.25) is 0 Å². The lowest BCUT2D eigenvalue weighted by Crippen LogP contribution is -2.01. The van der Waals surface area contributed by atoms with Gasteiger partial charge in [-0.25, -0.2) is 0 Å². The van der Waals surface area contributed by atoms with Crippen LogP contribution in [0.5, 0.6) is 11.5 Å². The van der Waals surface area contributed by atoms with Crippen LogP contribution in [0.4, 0.5) is 5.69 Å². The summed E-state index contributed by atoms with van der Waals surface area (Å²) in [5.74, 6) is 1.31. The Morgan fingerprint density at radius 2 is 2.00 bits per heavy atom. The molecule has 0 unspecified atom stereocenters. The molecule has 1 aromatic heterocycles. The van der Waals surface area contributed by atoms with E-state index in [1.807, 2.05) is 17.5 Å². The molecule has 102 valence electrons. The fourth-order valence-corrected chi connectivity index (χ4v) is 3.29. The van der Waals surface area contributed by atoms with Gasteiger partial charge < -0.3 is 14.8 Å². The topological polar surface area (TPSA) is 30.5 Å². The van der Waals surface area contributed by atoms with Crippen LogP contribution in [-0.2, 0) is 6.54 Å². The van der Waals surface area contributed by atoms with Crippen LogP contribution in [0.25, 0.3) is 0 Å². The first-order valence-electron chi connectivity index (χ1n) is 5.53. The largest absolute Gasteiger partial charge is 0.495 e. The molecular formula is C13H13BrClNO2S. The van der Waals surface area contributed by atoms with E-state index in [-0.39, 0.29) is 0 Å². The smallest absolute Gasteiger partial charge is 0.143 e. The van der Waals surface area contributed by atoms with E-state index in [2.05, 4.69) is 21.2 Å². The zero-order valence-corrected chi connectivity index (χ0v) is 13.7. The van der Waals surface area contributed by atoms with E-state index in [0.29, 0.717) is 23.1 Å². The van der Waals surface area contributed by atoms with Crippen LogP contribution < -0.4 is 14.8 Å². The Labute approximate surface area is 129 Å². The van der Waals surface area contributed by atoms with E-state index >= 15 is 0 Å². The SMILES string of the molecule is COc1cc(NCc2sccc2Br)c(OC)cc1Cl. The summed E-state index contributed by atoms with van der Waals surface area (Å²) < 4.78 is 11.6. The van der Waals surface area contributed by atoms with Crippen LogP contribution in [-0.4, -0.2) is 14.2 Å². The highest BCUT2D eigenvalue weighted by molar-refractivity contribution is 9.10. The van der Waals surface area contributed by atoms with Gasteiger partial charge in [-0.05, 0) is 27.4 Å². The lowest BCUT2D eigenvalue weighted by atomic mass is 10.2. The van der Waals surface area contributed by atoms with Crippen LogP contribution in [0.15, 0.2) is 28.1 Å². The molecule has 0 saturated heterocycles. The van der Waals surface area contributed by atoms with Gasteiger partial charge in [-0.1, -0.05) is 11.6 Å². The van der Waals surface area contributed by atoms with Gasteiger partial charge in [0.25, 0.3) is 0 Å². The Morgan fingerprint density at radius 1 is 1.26 bits per heavy atom. The van der Waals surface area contributed by atoms with Crippen LogP contribution in [0.2, 0.25) is 5.02 Å². The number of rotatable bonds is 5. The molecule has 1 heterocycles. The predicted molar refractivity (Wildman–Crippen MR) is 83.9 cm³/mol. The second-order valence-electron chi connectivity index (χ2n) is 3.73. The molecule has 0 aliphatic carbocycles. The van der Waals surface area contributed by atoms with Gasteiger partial charge in [0.15, 0.2) is 0 Å². The third kappa shape index (κ3) is 3.35. The fourth-order valence-electron chi connectivity index (χ4n) is 1.63. The Kier molecular flexibility index (Phi) is 4.96. The number of anilines is 1. The zero-order chi connectivity index (χ0) is 13.8. The predicted octanol–water partition coefficient (Wildman–Crippen LogP) is 4.79. The monoisotopic (exact) mass is 361 g/mol. The lowest BCUT2D eigenvalue weighted by molar-refractivity contribution is 0.404. The van der Waals surface area contributed by atoms with Gasteiger partial charge >= 0.3 is 0 Å². The Hall–Kier alpha value is -0.910. The number of nitrogens with one attached hydrogen (secondary N) is 1. The van der Waals surface area contributed by atoms with Crippen LogP contribution in [0.3, 0.4) is 0 Å². The van der Waals surface area contributed by atoms with Gasteiger partial charge in [0.1, 0.15) is 11.5 Å². The molecule has 0 amide bonds. The van der Waals surface area contributed by atoms with Crippen molar-refractivity contribution in [3.05, 3.63) is 38.0 Å². The van der Waals surface area contributed by atoms with E-state index in [1.165, 1.54) is 4.88 Å². The molecule has 0 aliphatic heterocycles. The van der Waals surface area contributed by atoms with Crippen molar-refractivity contribution in [3.8, 4) is 11.5 Å². The summed E-state index contributed by atoms with van der Waals surface area (Å²) >= 11 is 11.3. The highest BCUT2D eigenvalue weighted by atomic mass is 79.9. The van der Waals surface area contributed by atoms with Crippen molar-refractivity contribution in [2.24, 2.45) is 0 Å². The number of halogens is 2. The molecule has 0 spiro atoms. The van der Waals surface area contributed by atoms with Gasteiger partial charge in [0.2, 0.25) is 0 Å². The van der Waals surface area contributed by atoms with Crippen LogP contribution in [0, 0.1) is 0 Å². The van der Waals surface area contributed by atoms with Gasteiger partial charge in [-0.2, -0.15) is 0 Å². The Morgan fingerprint density at radius 3 is 2.58 bits per heavy atom. The van der Waals surface area contributed by atoms with Crippen molar-refractivity contribution in [1.82, 2.24) is 0 Å². The molecule has 2 aromatic rings. The van der Waals surface area contributed by atoms with Crippen molar-refractivity contribution in [3.63, 3.8) is 0 Å². The molecular weight excluding hydrogens is 350 g/mol. The summed E-state index contributed by atoms with van der Waals surface area (Å²) in [6, 6.07) is 5.61. The number of hydrogen-bond donors (Lipinski definition) is 1. The first-order chi connectivity index (χ1) is 9.15. The number of benzene rings is 1. The second-order valence-corrected chi connectivity index (χ2v) is 5.99. The molecule has 1 N–H and O–H groups in total. The number of methoxy groups -OCH3 is 2. The summed E-state index contributed by atoms with van der Waals surface area (Å²) in [5.41, 5.74) is 0.851. The van der Waals surface area contributed by atoms with Crippen molar-refractivity contribution in [2.45, 2.75) is 6.54 Å². The standard InChI is InChI=1S/C13H13BrClNO2S/c1-17-11-6-10(12(18-2)5-9(11)15)16-7-13-8(14)3-4-19-13/h3-6,16H,7H2,1-2H3. The maximum atomic E-state index is 6.07. The van der Waals surface area contributed by atoms with Crippen molar-refractivity contribution < 1.29 is 9.47 Å². The first kappa shape index (κ1) is 14.5. The summed E-state index contributed by atoms with van der Waals surface area (Å²) in [5, 5.41) is 5.90. The molecule has 0 radical (unpaired) electrons. The molecule has 0 saturated carbocycles. The maximum Gasteiger partial charge on any atom is 0.143 e. The minimum atomic E-state index is 0.530. The number of ether oxygens (including phenoxy) is 2. The summed E-state index contributed by atoms with van der Waals surface area (Å²) in [7, 11) is 3.21. The minimum absolute atomic E-state index is 0.530. The quantitative estimate of drug-likeness (QED) is 0.829. The molecule has 1 aromatic carbocycles. The van der Waals surface area contributed by atoms with E-state index in [9.17, 15) is 0 Å². The average molecular weight is 363 g/mol. The molecule has 0 fully saturated rings. The summed E-state index contributed by atoms with van der Waals surface area (Å²) in [4.78, 5) is 1.22. The molecule has 0 bridgehead atoms. The number of thiophene rings is 1. The normalized spacial score (nSPS) is 10.3. The molecule has 6 heteroatoms. The van der Waals surface area contributed by atoms with Crippen molar-refractivity contribution in [2.75, 3.05) is 19.5 Å². The highest BCUT2D eigenvalue weighted by Crippen LogP contribution is 2.36. The molecule has 2 rings (SSSR count). The summed E-state index contributed by atoms with van der Waals surface area (Å²) in [6.45, 7) is 0.708. The lowest BCUT2D eigenvalue weighted by Gasteiger charge is -2.13. The second kappa shape index (κ2) is 6.50. The van der Waals surface area contributed by atoms with Crippen LogP contribution in [0.1, 0.15) is 4.88 Å². The molecule has 0 aliphatic rings. The first-order valence-corrected chi connectivity index (χ1v) is 7.58. The average Bonchev–Trinajstić information content (AvgIpc) is 2.82. The molecule has 3 nitrogen and oxygen atoms in total. The van der Waals surface area contributed by atoms with Crippen molar-refractivity contribution >= 4 is 44.6 Å². The highest BCUT2D eigenvalue weighted by Gasteiger charge is 2.10. The minimum Gasteiger partial charge on any atom is -0.495 e. The van der Waals surface area contributed by atoms with E-state index in [0.717, 1.165) is 10.2 Å². The van der Waals surface area contributed by atoms with E-state index in [4.69, 9.17) is 21.1 Å². The third-order valence-electron chi connectivity index (χ3n) is 2.60. The Balaban J connectivity index is 2.21. The van der Waals surface area contributed by atoms with E-state index < -0.39 is 0 Å². The van der Waals surface area contributed by atoms with Gasteiger partial charge in [0.05, 0.1) is 31.5 Å². The molecule has 19 heavy (non-hydrogen) atoms. The maximum absolute atomic E-state index is 6.07. The zero-order valence-electron chi connectivity index (χ0n) is 10.5. The van der Waals surface area contributed by atoms with E-state index in [1.54, 1.807) is 31.6 Å². The van der Waals surface area contributed by atoms with Gasteiger partial charge in [0, 0.05) is 21.5 Å².